The highest BCUT2D eigenvalue weighted by Crippen LogP contribution is 2.03. The lowest BCUT2D eigenvalue weighted by Crippen LogP contribution is -2.36. The number of aromatic nitrogens is 2. The van der Waals surface area contributed by atoms with E-state index in [0.717, 1.165) is 18.4 Å². The van der Waals surface area contributed by atoms with Crippen molar-refractivity contribution < 1.29 is 9.90 Å². The molecule has 6 heteroatoms. The summed E-state index contributed by atoms with van der Waals surface area (Å²) >= 11 is 0. The molecule has 1 unspecified atom stereocenters. The van der Waals surface area contributed by atoms with Gasteiger partial charge < -0.3 is 16.2 Å². The SMILES string of the molecule is CCCCC(NCc1cnc(N)nc1)C(=O)O. The second-order valence-corrected chi connectivity index (χ2v) is 3.86. The number of unbranched alkanes of at least 4 members (excludes halogenated alkanes) is 1. The van der Waals surface area contributed by atoms with Crippen LogP contribution >= 0.6 is 0 Å². The summed E-state index contributed by atoms with van der Waals surface area (Å²) in [6.07, 6.45) is 5.68. The van der Waals surface area contributed by atoms with Crippen LogP contribution in [0.25, 0.3) is 0 Å². The van der Waals surface area contributed by atoms with Crippen LogP contribution < -0.4 is 11.1 Å². The van der Waals surface area contributed by atoms with Crippen LogP contribution in [0.2, 0.25) is 0 Å². The summed E-state index contributed by atoms with van der Waals surface area (Å²) < 4.78 is 0. The number of nitrogen functional groups attached to an aromatic ring is 1. The summed E-state index contributed by atoms with van der Waals surface area (Å²) in [6, 6.07) is -0.521. The van der Waals surface area contributed by atoms with Gasteiger partial charge in [-0.15, -0.1) is 0 Å². The first-order chi connectivity index (χ1) is 8.13. The average Bonchev–Trinajstić information content (AvgIpc) is 2.31. The molecule has 17 heavy (non-hydrogen) atoms. The maximum atomic E-state index is 11.0. The van der Waals surface area contributed by atoms with E-state index in [9.17, 15) is 4.79 Å². The van der Waals surface area contributed by atoms with Crippen molar-refractivity contribution in [3.8, 4) is 0 Å². The Morgan fingerprint density at radius 2 is 2.18 bits per heavy atom. The molecule has 1 heterocycles. The van der Waals surface area contributed by atoms with Gasteiger partial charge in [0.25, 0.3) is 0 Å². The molecule has 0 spiro atoms. The van der Waals surface area contributed by atoms with Crippen LogP contribution in [0.15, 0.2) is 12.4 Å². The number of hydrogen-bond donors (Lipinski definition) is 3. The van der Waals surface area contributed by atoms with E-state index in [0.29, 0.717) is 13.0 Å². The molecule has 0 aromatic carbocycles. The molecule has 0 amide bonds. The number of rotatable bonds is 7. The quantitative estimate of drug-likeness (QED) is 0.649. The molecular formula is C11H18N4O2. The Hall–Kier alpha value is -1.69. The van der Waals surface area contributed by atoms with Gasteiger partial charge in [0.2, 0.25) is 5.95 Å². The zero-order valence-electron chi connectivity index (χ0n) is 9.89. The zero-order valence-corrected chi connectivity index (χ0v) is 9.89. The van der Waals surface area contributed by atoms with E-state index in [4.69, 9.17) is 10.8 Å². The molecule has 0 aliphatic heterocycles. The van der Waals surface area contributed by atoms with Crippen molar-refractivity contribution in [2.45, 2.75) is 38.8 Å². The van der Waals surface area contributed by atoms with E-state index < -0.39 is 12.0 Å². The first-order valence-electron chi connectivity index (χ1n) is 5.66. The Morgan fingerprint density at radius 1 is 1.53 bits per heavy atom. The second kappa shape index (κ2) is 6.80. The van der Waals surface area contributed by atoms with Crippen molar-refractivity contribution in [3.63, 3.8) is 0 Å². The minimum Gasteiger partial charge on any atom is -0.480 e. The van der Waals surface area contributed by atoms with Gasteiger partial charge in [-0.05, 0) is 6.42 Å². The lowest BCUT2D eigenvalue weighted by Gasteiger charge is -2.13. The second-order valence-electron chi connectivity index (χ2n) is 3.86. The number of hydrogen-bond acceptors (Lipinski definition) is 5. The fourth-order valence-electron chi connectivity index (χ4n) is 1.42. The fourth-order valence-corrected chi connectivity index (χ4v) is 1.42. The van der Waals surface area contributed by atoms with Gasteiger partial charge in [-0.25, -0.2) is 9.97 Å². The van der Waals surface area contributed by atoms with Crippen LogP contribution in [0.1, 0.15) is 31.7 Å². The van der Waals surface area contributed by atoms with Crippen molar-refractivity contribution in [2.24, 2.45) is 0 Å². The third kappa shape index (κ3) is 4.78. The normalized spacial score (nSPS) is 12.3. The van der Waals surface area contributed by atoms with Gasteiger partial charge in [-0.2, -0.15) is 0 Å². The Kier molecular flexibility index (Phi) is 5.35. The summed E-state index contributed by atoms with van der Waals surface area (Å²) in [5.41, 5.74) is 6.18. The molecular weight excluding hydrogens is 220 g/mol. The third-order valence-corrected chi connectivity index (χ3v) is 2.42. The smallest absolute Gasteiger partial charge is 0.320 e. The molecule has 1 aromatic heterocycles. The van der Waals surface area contributed by atoms with Gasteiger partial charge >= 0.3 is 5.97 Å². The van der Waals surface area contributed by atoms with Crippen LogP contribution in [0.4, 0.5) is 5.95 Å². The predicted molar refractivity (Wildman–Crippen MR) is 64.2 cm³/mol. The summed E-state index contributed by atoms with van der Waals surface area (Å²) in [6.45, 7) is 2.47. The summed E-state index contributed by atoms with van der Waals surface area (Å²) in [7, 11) is 0. The maximum Gasteiger partial charge on any atom is 0.320 e. The molecule has 1 rings (SSSR count). The molecule has 0 saturated carbocycles. The van der Waals surface area contributed by atoms with Crippen LogP contribution in [0, 0.1) is 0 Å². The molecule has 1 aromatic rings. The molecule has 0 bridgehead atoms. The lowest BCUT2D eigenvalue weighted by molar-refractivity contribution is -0.139. The first-order valence-corrected chi connectivity index (χ1v) is 5.66. The standard InChI is InChI=1S/C11H18N4O2/c1-2-3-4-9(10(16)17)13-5-8-6-14-11(12)15-7-8/h6-7,9,13H,2-5H2,1H3,(H,16,17)(H2,12,14,15). The van der Waals surface area contributed by atoms with Crippen molar-refractivity contribution in [1.29, 1.82) is 0 Å². The number of carbonyl (C=O) groups is 1. The molecule has 94 valence electrons. The Morgan fingerprint density at radius 3 is 2.71 bits per heavy atom. The molecule has 0 aliphatic rings. The van der Waals surface area contributed by atoms with E-state index in [2.05, 4.69) is 15.3 Å². The van der Waals surface area contributed by atoms with Crippen molar-refractivity contribution in [2.75, 3.05) is 5.73 Å². The van der Waals surface area contributed by atoms with Crippen molar-refractivity contribution in [1.82, 2.24) is 15.3 Å². The zero-order chi connectivity index (χ0) is 12.7. The molecule has 0 fully saturated rings. The predicted octanol–water partition coefficient (Wildman–Crippen LogP) is 0.792. The highest BCUT2D eigenvalue weighted by molar-refractivity contribution is 5.73. The number of carboxylic acid groups (broad SMARTS) is 1. The topological polar surface area (TPSA) is 101 Å². The van der Waals surface area contributed by atoms with Crippen LogP contribution in [-0.4, -0.2) is 27.1 Å². The van der Waals surface area contributed by atoms with Crippen molar-refractivity contribution in [3.05, 3.63) is 18.0 Å². The molecule has 6 nitrogen and oxygen atoms in total. The number of nitrogens with zero attached hydrogens (tertiary/aromatic N) is 2. The highest BCUT2D eigenvalue weighted by atomic mass is 16.4. The molecule has 0 saturated heterocycles. The van der Waals surface area contributed by atoms with Gasteiger partial charge in [0.05, 0.1) is 0 Å². The van der Waals surface area contributed by atoms with E-state index >= 15 is 0 Å². The summed E-state index contributed by atoms with van der Waals surface area (Å²) in [5, 5.41) is 12.0. The minimum atomic E-state index is -0.824. The van der Waals surface area contributed by atoms with Gasteiger partial charge in [0.1, 0.15) is 6.04 Å². The molecule has 1 atom stereocenters. The summed E-state index contributed by atoms with van der Waals surface area (Å²) in [4.78, 5) is 18.7. The van der Waals surface area contributed by atoms with Crippen LogP contribution in [0.3, 0.4) is 0 Å². The fraction of sp³-hybridized carbons (Fsp3) is 0.545. The number of carboxylic acids is 1. The number of aliphatic carboxylic acids is 1. The van der Waals surface area contributed by atoms with Crippen LogP contribution in [-0.2, 0) is 11.3 Å². The highest BCUT2D eigenvalue weighted by Gasteiger charge is 2.15. The minimum absolute atomic E-state index is 0.217. The van der Waals surface area contributed by atoms with E-state index in [1.807, 2.05) is 6.92 Å². The lowest BCUT2D eigenvalue weighted by atomic mass is 10.1. The molecule has 0 radical (unpaired) electrons. The number of nitrogens with one attached hydrogen (secondary N) is 1. The Labute approximate surface area is 100 Å². The van der Waals surface area contributed by atoms with E-state index in [1.165, 1.54) is 0 Å². The number of anilines is 1. The maximum absolute atomic E-state index is 11.0. The number of nitrogens with two attached hydrogens (primary N) is 1. The molecule has 0 aliphatic carbocycles. The van der Waals surface area contributed by atoms with Crippen molar-refractivity contribution >= 4 is 11.9 Å². The Balaban J connectivity index is 2.45. The van der Waals surface area contributed by atoms with E-state index in [-0.39, 0.29) is 5.95 Å². The first kappa shape index (κ1) is 13.4. The van der Waals surface area contributed by atoms with Gasteiger partial charge in [0.15, 0.2) is 0 Å². The van der Waals surface area contributed by atoms with Crippen LogP contribution in [0.5, 0.6) is 0 Å². The van der Waals surface area contributed by atoms with E-state index in [1.54, 1.807) is 12.4 Å². The third-order valence-electron chi connectivity index (χ3n) is 2.42. The van der Waals surface area contributed by atoms with Gasteiger partial charge in [-0.1, -0.05) is 19.8 Å². The summed E-state index contributed by atoms with van der Waals surface area (Å²) in [5.74, 6) is -0.607. The molecule has 4 N–H and O–H groups in total. The largest absolute Gasteiger partial charge is 0.480 e. The monoisotopic (exact) mass is 238 g/mol. The van der Waals surface area contributed by atoms with Gasteiger partial charge in [-0.3, -0.25) is 4.79 Å². The Bertz CT molecular complexity index is 353. The van der Waals surface area contributed by atoms with Gasteiger partial charge in [0, 0.05) is 24.5 Å². The average molecular weight is 238 g/mol.